The van der Waals surface area contributed by atoms with Crippen molar-refractivity contribution in [3.8, 4) is 0 Å². The fraction of sp³-hybridized carbons (Fsp3) is 0.167. The van der Waals surface area contributed by atoms with Gasteiger partial charge in [-0.3, -0.25) is 4.79 Å². The van der Waals surface area contributed by atoms with Gasteiger partial charge in [-0.25, -0.2) is 4.68 Å². The molecule has 0 aliphatic heterocycles. The van der Waals surface area contributed by atoms with Crippen molar-refractivity contribution < 1.29 is 4.79 Å². The SMILES string of the molecule is CSc1ccc(Cn2nnc(C(=O)NCc3ccc(Cl)cc3Cl)c2N)cc1. The lowest BCUT2D eigenvalue weighted by atomic mass is 10.2. The molecule has 0 fully saturated rings. The van der Waals surface area contributed by atoms with Gasteiger partial charge in [0.05, 0.1) is 6.54 Å². The van der Waals surface area contributed by atoms with Gasteiger partial charge in [0.2, 0.25) is 0 Å². The summed E-state index contributed by atoms with van der Waals surface area (Å²) in [7, 11) is 0. The number of halogens is 2. The zero-order chi connectivity index (χ0) is 19.4. The summed E-state index contributed by atoms with van der Waals surface area (Å²) < 4.78 is 1.50. The van der Waals surface area contributed by atoms with E-state index >= 15 is 0 Å². The molecule has 9 heteroatoms. The molecule has 1 heterocycles. The topological polar surface area (TPSA) is 85.8 Å². The van der Waals surface area contributed by atoms with Gasteiger partial charge < -0.3 is 11.1 Å². The predicted molar refractivity (Wildman–Crippen MR) is 109 cm³/mol. The smallest absolute Gasteiger partial charge is 0.275 e. The molecule has 140 valence electrons. The molecule has 6 nitrogen and oxygen atoms in total. The number of hydrogen-bond acceptors (Lipinski definition) is 5. The van der Waals surface area contributed by atoms with E-state index in [1.807, 2.05) is 30.5 Å². The summed E-state index contributed by atoms with van der Waals surface area (Å²) in [5.41, 5.74) is 7.90. The molecule has 3 aromatic rings. The molecule has 1 aromatic heterocycles. The number of hydrogen-bond donors (Lipinski definition) is 2. The Kier molecular flexibility index (Phi) is 6.26. The molecule has 0 saturated heterocycles. The summed E-state index contributed by atoms with van der Waals surface area (Å²) in [5, 5.41) is 11.7. The minimum Gasteiger partial charge on any atom is -0.382 e. The Balaban J connectivity index is 1.67. The van der Waals surface area contributed by atoms with Crippen LogP contribution >= 0.6 is 35.0 Å². The van der Waals surface area contributed by atoms with Crippen LogP contribution in [0.3, 0.4) is 0 Å². The highest BCUT2D eigenvalue weighted by Crippen LogP contribution is 2.21. The largest absolute Gasteiger partial charge is 0.382 e. The molecule has 27 heavy (non-hydrogen) atoms. The quantitative estimate of drug-likeness (QED) is 0.589. The Morgan fingerprint density at radius 3 is 2.63 bits per heavy atom. The second-order valence-corrected chi connectivity index (χ2v) is 7.47. The van der Waals surface area contributed by atoms with Gasteiger partial charge in [-0.2, -0.15) is 0 Å². The first-order valence-corrected chi connectivity index (χ1v) is 10.00. The number of nitrogens with one attached hydrogen (secondary N) is 1. The van der Waals surface area contributed by atoms with Gasteiger partial charge in [-0.1, -0.05) is 46.6 Å². The van der Waals surface area contributed by atoms with E-state index in [9.17, 15) is 4.79 Å². The average molecular weight is 422 g/mol. The van der Waals surface area contributed by atoms with Crippen LogP contribution in [0.4, 0.5) is 5.82 Å². The lowest BCUT2D eigenvalue weighted by molar-refractivity contribution is 0.0947. The van der Waals surface area contributed by atoms with Crippen LogP contribution in [0, 0.1) is 0 Å². The van der Waals surface area contributed by atoms with Crippen LogP contribution in [-0.4, -0.2) is 27.2 Å². The van der Waals surface area contributed by atoms with Crippen molar-refractivity contribution in [3.05, 3.63) is 69.3 Å². The van der Waals surface area contributed by atoms with Crippen LogP contribution in [0.15, 0.2) is 47.4 Å². The van der Waals surface area contributed by atoms with Crippen LogP contribution in [0.25, 0.3) is 0 Å². The van der Waals surface area contributed by atoms with Gasteiger partial charge in [-0.05, 0) is 41.6 Å². The van der Waals surface area contributed by atoms with E-state index in [1.54, 1.807) is 30.0 Å². The van der Waals surface area contributed by atoms with E-state index in [-0.39, 0.29) is 18.1 Å². The molecule has 1 amide bonds. The van der Waals surface area contributed by atoms with Crippen molar-refractivity contribution in [2.24, 2.45) is 0 Å². The minimum absolute atomic E-state index is 0.0841. The zero-order valence-corrected chi connectivity index (χ0v) is 16.8. The number of thioether (sulfide) groups is 1. The number of anilines is 1. The van der Waals surface area contributed by atoms with Crippen LogP contribution < -0.4 is 11.1 Å². The summed E-state index contributed by atoms with van der Waals surface area (Å²) in [5.74, 6) is -0.203. The molecular weight excluding hydrogens is 405 g/mol. The maximum absolute atomic E-state index is 12.4. The maximum atomic E-state index is 12.4. The van der Waals surface area contributed by atoms with Gasteiger partial charge >= 0.3 is 0 Å². The number of nitrogen functional groups attached to an aromatic ring is 1. The van der Waals surface area contributed by atoms with Crippen LogP contribution in [-0.2, 0) is 13.1 Å². The summed E-state index contributed by atoms with van der Waals surface area (Å²) in [6, 6.07) is 13.1. The fourth-order valence-electron chi connectivity index (χ4n) is 2.43. The molecule has 0 spiro atoms. The number of nitrogens with zero attached hydrogens (tertiary/aromatic N) is 3. The Labute approximate surface area is 171 Å². The van der Waals surface area contributed by atoms with E-state index in [2.05, 4.69) is 15.6 Å². The minimum atomic E-state index is -0.414. The average Bonchev–Trinajstić information content (AvgIpc) is 3.02. The van der Waals surface area contributed by atoms with Crippen molar-refractivity contribution in [3.63, 3.8) is 0 Å². The fourth-order valence-corrected chi connectivity index (χ4v) is 3.31. The van der Waals surface area contributed by atoms with Crippen molar-refractivity contribution in [1.82, 2.24) is 20.3 Å². The lowest BCUT2D eigenvalue weighted by Crippen LogP contribution is -2.24. The van der Waals surface area contributed by atoms with Gasteiger partial charge in [0, 0.05) is 21.5 Å². The molecule has 3 N–H and O–H groups in total. The highest BCUT2D eigenvalue weighted by Gasteiger charge is 2.17. The molecule has 0 bridgehead atoms. The summed E-state index contributed by atoms with van der Waals surface area (Å²) in [4.78, 5) is 13.6. The van der Waals surface area contributed by atoms with E-state index in [4.69, 9.17) is 28.9 Å². The number of rotatable bonds is 6. The monoisotopic (exact) mass is 421 g/mol. The first-order valence-electron chi connectivity index (χ1n) is 8.02. The third-order valence-electron chi connectivity index (χ3n) is 3.93. The molecule has 3 rings (SSSR count). The van der Waals surface area contributed by atoms with E-state index in [0.717, 1.165) is 11.1 Å². The normalized spacial score (nSPS) is 10.8. The van der Waals surface area contributed by atoms with Gasteiger partial charge in [0.1, 0.15) is 0 Å². The van der Waals surface area contributed by atoms with E-state index in [1.165, 1.54) is 9.58 Å². The van der Waals surface area contributed by atoms with Crippen LogP contribution in [0.1, 0.15) is 21.6 Å². The summed E-state index contributed by atoms with van der Waals surface area (Å²) >= 11 is 13.7. The molecule has 0 unspecified atom stereocenters. The number of carbonyl (C=O) groups excluding carboxylic acids is 1. The lowest BCUT2D eigenvalue weighted by Gasteiger charge is -2.07. The first-order chi connectivity index (χ1) is 13.0. The van der Waals surface area contributed by atoms with E-state index < -0.39 is 5.91 Å². The molecule has 0 radical (unpaired) electrons. The first kappa shape index (κ1) is 19.5. The van der Waals surface area contributed by atoms with Gasteiger partial charge in [0.25, 0.3) is 5.91 Å². The third-order valence-corrected chi connectivity index (χ3v) is 5.26. The molecule has 2 aromatic carbocycles. The Morgan fingerprint density at radius 1 is 1.22 bits per heavy atom. The predicted octanol–water partition coefficient (Wildman–Crippen LogP) is 3.87. The van der Waals surface area contributed by atoms with Crippen molar-refractivity contribution in [2.45, 2.75) is 18.0 Å². The van der Waals surface area contributed by atoms with Crippen molar-refractivity contribution in [2.75, 3.05) is 12.0 Å². The zero-order valence-electron chi connectivity index (χ0n) is 14.4. The molecule has 0 saturated carbocycles. The Bertz CT molecular complexity index is 959. The summed E-state index contributed by atoms with van der Waals surface area (Å²) in [6.07, 6.45) is 2.02. The second-order valence-electron chi connectivity index (χ2n) is 5.75. The van der Waals surface area contributed by atoms with Crippen molar-refractivity contribution in [1.29, 1.82) is 0 Å². The van der Waals surface area contributed by atoms with Crippen molar-refractivity contribution >= 4 is 46.7 Å². The molecule has 0 aliphatic rings. The molecule has 0 atom stereocenters. The Hall–Kier alpha value is -2.22. The molecule has 0 aliphatic carbocycles. The second kappa shape index (κ2) is 8.65. The Morgan fingerprint density at radius 2 is 1.96 bits per heavy atom. The molecular formula is C18H17Cl2N5OS. The third kappa shape index (κ3) is 4.74. The number of aromatic nitrogens is 3. The standard InChI is InChI=1S/C18H17Cl2N5OS/c1-27-14-6-2-11(3-7-14)10-25-17(21)16(23-24-25)18(26)22-9-12-4-5-13(19)8-15(12)20/h2-8H,9-10,21H2,1H3,(H,22,26). The van der Waals surface area contributed by atoms with Crippen LogP contribution in [0.2, 0.25) is 10.0 Å². The summed E-state index contributed by atoms with van der Waals surface area (Å²) in [6.45, 7) is 0.668. The highest BCUT2D eigenvalue weighted by molar-refractivity contribution is 7.98. The number of nitrogens with two attached hydrogens (primary N) is 1. The highest BCUT2D eigenvalue weighted by atomic mass is 35.5. The van der Waals surface area contributed by atoms with Gasteiger partial charge in [-0.15, -0.1) is 16.9 Å². The number of amides is 1. The van der Waals surface area contributed by atoms with E-state index in [0.29, 0.717) is 16.6 Å². The van der Waals surface area contributed by atoms with Crippen LogP contribution in [0.5, 0.6) is 0 Å². The number of carbonyl (C=O) groups is 1. The maximum Gasteiger partial charge on any atom is 0.275 e. The number of benzene rings is 2. The van der Waals surface area contributed by atoms with Gasteiger partial charge in [0.15, 0.2) is 11.5 Å².